The molecule has 0 saturated heterocycles. The Morgan fingerprint density at radius 1 is 1.28 bits per heavy atom. The van der Waals surface area contributed by atoms with Gasteiger partial charge in [0.2, 0.25) is 11.7 Å². The van der Waals surface area contributed by atoms with Gasteiger partial charge in [-0.15, -0.1) is 0 Å². The van der Waals surface area contributed by atoms with Crippen molar-refractivity contribution in [2.24, 2.45) is 17.6 Å². The molecule has 5 heteroatoms. The molecule has 2 fully saturated rings. The van der Waals surface area contributed by atoms with E-state index in [0.29, 0.717) is 23.6 Å². The molecule has 2 aromatic heterocycles. The lowest BCUT2D eigenvalue weighted by molar-refractivity contribution is 0.279. The fourth-order valence-electron chi connectivity index (χ4n) is 3.58. The fraction of sp³-hybridized carbons (Fsp3) is 0.538. The second-order valence-corrected chi connectivity index (χ2v) is 5.40. The highest BCUT2D eigenvalue weighted by atomic mass is 16.5. The number of furan rings is 1. The van der Waals surface area contributed by atoms with Crippen LogP contribution in [0.2, 0.25) is 0 Å². The molecule has 0 aliphatic heterocycles. The normalized spacial score (nSPS) is 34.3. The molecule has 94 valence electrons. The smallest absolute Gasteiger partial charge is 0.231 e. The summed E-state index contributed by atoms with van der Waals surface area (Å²) >= 11 is 0. The third-order valence-electron chi connectivity index (χ3n) is 4.49. The summed E-state index contributed by atoms with van der Waals surface area (Å²) in [7, 11) is 0. The fourth-order valence-corrected chi connectivity index (χ4v) is 3.58. The predicted octanol–water partition coefficient (Wildman–Crippen LogP) is 2.17. The van der Waals surface area contributed by atoms with Crippen molar-refractivity contribution in [2.75, 3.05) is 0 Å². The lowest BCUT2D eigenvalue weighted by Crippen LogP contribution is -2.34. The van der Waals surface area contributed by atoms with Crippen molar-refractivity contribution in [3.8, 4) is 11.4 Å². The van der Waals surface area contributed by atoms with Crippen LogP contribution < -0.4 is 5.73 Å². The minimum atomic E-state index is 0.182. The molecule has 0 spiro atoms. The minimum Gasteiger partial charge on any atom is -0.472 e. The zero-order chi connectivity index (χ0) is 12.1. The third kappa shape index (κ3) is 1.37. The van der Waals surface area contributed by atoms with E-state index in [0.717, 1.165) is 5.56 Å². The average molecular weight is 245 g/mol. The molecule has 2 aliphatic rings. The zero-order valence-electron chi connectivity index (χ0n) is 9.95. The van der Waals surface area contributed by atoms with Crippen LogP contribution in [0.15, 0.2) is 27.5 Å². The van der Waals surface area contributed by atoms with Gasteiger partial charge in [-0.3, -0.25) is 0 Å². The summed E-state index contributed by atoms with van der Waals surface area (Å²) in [5, 5.41) is 4.02. The highest BCUT2D eigenvalue weighted by molar-refractivity contribution is 5.51. The zero-order valence-corrected chi connectivity index (χ0v) is 9.95. The third-order valence-corrected chi connectivity index (χ3v) is 4.49. The van der Waals surface area contributed by atoms with Gasteiger partial charge >= 0.3 is 0 Å². The number of rotatable bonds is 2. The van der Waals surface area contributed by atoms with E-state index in [1.54, 1.807) is 12.5 Å². The van der Waals surface area contributed by atoms with Crippen molar-refractivity contribution < 1.29 is 8.94 Å². The first-order chi connectivity index (χ1) is 8.83. The van der Waals surface area contributed by atoms with Gasteiger partial charge in [-0.1, -0.05) is 5.16 Å². The van der Waals surface area contributed by atoms with Crippen LogP contribution in [0.3, 0.4) is 0 Å². The van der Waals surface area contributed by atoms with Gasteiger partial charge in [0.25, 0.3) is 0 Å². The molecule has 2 bridgehead atoms. The number of fused-ring (bicyclic) bond motifs is 2. The standard InChI is InChI=1S/C13H15N3O2/c14-11-8-2-1-7(5-8)10(11)13-15-12(16-18-13)9-3-4-17-6-9/h3-4,6-8,10-11H,1-2,5,14H2. The molecule has 2 aliphatic carbocycles. The molecule has 2 saturated carbocycles. The first-order valence-electron chi connectivity index (χ1n) is 6.44. The molecule has 0 radical (unpaired) electrons. The molecule has 4 rings (SSSR count). The van der Waals surface area contributed by atoms with E-state index in [1.165, 1.54) is 19.3 Å². The molecular formula is C13H15N3O2. The summed E-state index contributed by atoms with van der Waals surface area (Å²) in [6.45, 7) is 0. The molecule has 0 amide bonds. The molecule has 4 atom stereocenters. The summed E-state index contributed by atoms with van der Waals surface area (Å²) in [6, 6.07) is 2.01. The Labute approximate surface area is 104 Å². The summed E-state index contributed by atoms with van der Waals surface area (Å²) < 4.78 is 10.4. The van der Waals surface area contributed by atoms with Crippen molar-refractivity contribution in [2.45, 2.75) is 31.2 Å². The van der Waals surface area contributed by atoms with Gasteiger partial charge in [0.1, 0.15) is 6.26 Å². The van der Waals surface area contributed by atoms with Crippen LogP contribution in [0.1, 0.15) is 31.1 Å². The Balaban J connectivity index is 1.66. The van der Waals surface area contributed by atoms with Crippen LogP contribution in [0, 0.1) is 11.8 Å². The molecule has 0 aromatic carbocycles. The van der Waals surface area contributed by atoms with Crippen LogP contribution in [0.4, 0.5) is 0 Å². The van der Waals surface area contributed by atoms with Crippen LogP contribution >= 0.6 is 0 Å². The summed E-state index contributed by atoms with van der Waals surface area (Å²) in [4.78, 5) is 4.49. The second kappa shape index (κ2) is 3.68. The number of hydrogen-bond acceptors (Lipinski definition) is 5. The second-order valence-electron chi connectivity index (χ2n) is 5.40. The lowest BCUT2D eigenvalue weighted by atomic mass is 9.85. The van der Waals surface area contributed by atoms with E-state index in [4.69, 9.17) is 14.7 Å². The number of hydrogen-bond donors (Lipinski definition) is 1. The highest BCUT2D eigenvalue weighted by Crippen LogP contribution is 2.51. The molecule has 2 N–H and O–H groups in total. The van der Waals surface area contributed by atoms with Crippen molar-refractivity contribution in [3.05, 3.63) is 24.5 Å². The maximum atomic E-state index is 6.28. The Hall–Kier alpha value is -1.62. The van der Waals surface area contributed by atoms with E-state index < -0.39 is 0 Å². The summed E-state index contributed by atoms with van der Waals surface area (Å²) in [5.74, 6) is 2.81. The summed E-state index contributed by atoms with van der Waals surface area (Å²) in [5.41, 5.74) is 7.13. The number of nitrogens with zero attached hydrogens (tertiary/aromatic N) is 2. The van der Waals surface area contributed by atoms with E-state index in [-0.39, 0.29) is 12.0 Å². The first-order valence-corrected chi connectivity index (χ1v) is 6.44. The molecule has 4 unspecified atom stereocenters. The van der Waals surface area contributed by atoms with Crippen LogP contribution in [-0.2, 0) is 0 Å². The van der Waals surface area contributed by atoms with Crippen molar-refractivity contribution >= 4 is 0 Å². The van der Waals surface area contributed by atoms with Crippen LogP contribution in [0.25, 0.3) is 11.4 Å². The highest BCUT2D eigenvalue weighted by Gasteiger charge is 2.48. The van der Waals surface area contributed by atoms with Gasteiger partial charge in [0.15, 0.2) is 0 Å². The minimum absolute atomic E-state index is 0.182. The first kappa shape index (κ1) is 10.3. The van der Waals surface area contributed by atoms with E-state index in [9.17, 15) is 0 Å². The van der Waals surface area contributed by atoms with E-state index in [2.05, 4.69) is 10.1 Å². The van der Waals surface area contributed by atoms with Crippen LogP contribution in [0.5, 0.6) is 0 Å². The Bertz CT molecular complexity index is 546. The lowest BCUT2D eigenvalue weighted by Gasteiger charge is -2.24. The van der Waals surface area contributed by atoms with Gasteiger partial charge in [-0.25, -0.2) is 0 Å². The molecule has 2 aromatic rings. The number of nitrogens with two attached hydrogens (primary N) is 1. The Morgan fingerprint density at radius 2 is 2.17 bits per heavy atom. The quantitative estimate of drug-likeness (QED) is 0.877. The molecular weight excluding hydrogens is 230 g/mol. The van der Waals surface area contributed by atoms with Crippen LogP contribution in [-0.4, -0.2) is 16.2 Å². The molecule has 18 heavy (non-hydrogen) atoms. The summed E-state index contributed by atoms with van der Waals surface area (Å²) in [6.07, 6.45) is 6.94. The largest absolute Gasteiger partial charge is 0.472 e. The van der Waals surface area contributed by atoms with Gasteiger partial charge in [-0.2, -0.15) is 4.98 Å². The maximum Gasteiger partial charge on any atom is 0.231 e. The van der Waals surface area contributed by atoms with Gasteiger partial charge in [-0.05, 0) is 37.2 Å². The molecule has 5 nitrogen and oxygen atoms in total. The van der Waals surface area contributed by atoms with Gasteiger partial charge < -0.3 is 14.7 Å². The maximum absolute atomic E-state index is 6.28. The molecule has 2 heterocycles. The van der Waals surface area contributed by atoms with Crippen molar-refractivity contribution in [1.29, 1.82) is 0 Å². The predicted molar refractivity (Wildman–Crippen MR) is 63.5 cm³/mol. The topological polar surface area (TPSA) is 78.1 Å². The Kier molecular flexibility index (Phi) is 2.11. The SMILES string of the molecule is NC1C2CCC(C2)C1c1nc(-c2ccoc2)no1. The van der Waals surface area contributed by atoms with Crippen molar-refractivity contribution in [3.63, 3.8) is 0 Å². The number of aromatic nitrogens is 2. The van der Waals surface area contributed by atoms with Gasteiger partial charge in [0, 0.05) is 6.04 Å². The van der Waals surface area contributed by atoms with Gasteiger partial charge in [0.05, 0.1) is 17.7 Å². The monoisotopic (exact) mass is 245 g/mol. The van der Waals surface area contributed by atoms with Crippen molar-refractivity contribution in [1.82, 2.24) is 10.1 Å². The van der Waals surface area contributed by atoms with E-state index >= 15 is 0 Å². The Morgan fingerprint density at radius 3 is 2.89 bits per heavy atom. The van der Waals surface area contributed by atoms with E-state index in [1.807, 2.05) is 6.07 Å². The average Bonchev–Trinajstić information content (AvgIpc) is 3.13.